The number of pyridine rings is 1. The molecule has 3 rings (SSSR count). The molecule has 14 heavy (non-hydrogen) atoms. The normalized spacial score (nSPS) is 13.4. The van der Waals surface area contributed by atoms with Crippen molar-refractivity contribution in [3.05, 3.63) is 52.2 Å². The van der Waals surface area contributed by atoms with Crippen LogP contribution in [-0.2, 0) is 0 Å². The number of nitrogens with zero attached hydrogens (tertiary/aromatic N) is 1. The summed E-state index contributed by atoms with van der Waals surface area (Å²) in [6.07, 6.45) is 9.56. The molecule has 2 heterocycles. The van der Waals surface area contributed by atoms with Gasteiger partial charge in [-0.1, -0.05) is 24.3 Å². The summed E-state index contributed by atoms with van der Waals surface area (Å²) in [6, 6.07) is 3.87. The molecular weight excluding hydrogens is 176 g/mol. The molecule has 0 unspecified atom stereocenters. The second-order valence-corrected chi connectivity index (χ2v) is 3.24. The van der Waals surface area contributed by atoms with E-state index in [0.29, 0.717) is 0 Å². The number of aromatic nitrogens is 2. The molecule has 0 spiro atoms. The summed E-state index contributed by atoms with van der Waals surface area (Å²) in [7, 11) is 0. The van der Waals surface area contributed by atoms with Crippen LogP contribution in [0.5, 0.6) is 0 Å². The highest BCUT2D eigenvalue weighted by Gasteiger charge is 2.08. The van der Waals surface area contributed by atoms with Crippen LogP contribution in [0.4, 0.5) is 0 Å². The van der Waals surface area contributed by atoms with Gasteiger partial charge in [0.15, 0.2) is 0 Å². The SMILES string of the molecule is O=c1[nH]c2c3c(cccn13)C=CC=C2. The van der Waals surface area contributed by atoms with Crippen molar-refractivity contribution in [1.29, 1.82) is 0 Å². The molecule has 0 amide bonds. The number of hydrogen-bond donors (Lipinski definition) is 1. The number of imidazole rings is 1. The number of nitrogens with one attached hydrogen (secondary N) is 1. The van der Waals surface area contributed by atoms with Gasteiger partial charge >= 0.3 is 5.69 Å². The molecule has 0 saturated carbocycles. The standard InChI is InChI=1S/C11H8N2O/c14-11-12-9-6-2-1-4-8-5-3-7-13(11)10(8)9/h1-7H,(H,12,14). The van der Waals surface area contributed by atoms with Crippen molar-refractivity contribution < 1.29 is 0 Å². The van der Waals surface area contributed by atoms with Gasteiger partial charge in [0.1, 0.15) is 0 Å². The summed E-state index contributed by atoms with van der Waals surface area (Å²) < 4.78 is 1.63. The minimum absolute atomic E-state index is 0.0863. The van der Waals surface area contributed by atoms with Crippen molar-refractivity contribution in [1.82, 2.24) is 9.38 Å². The lowest BCUT2D eigenvalue weighted by Gasteiger charge is -1.97. The average Bonchev–Trinajstić information content (AvgIpc) is 2.41. The summed E-state index contributed by atoms with van der Waals surface area (Å²) >= 11 is 0. The van der Waals surface area contributed by atoms with Crippen molar-refractivity contribution in [2.75, 3.05) is 0 Å². The predicted octanol–water partition coefficient (Wildman–Crippen LogP) is 1.67. The minimum Gasteiger partial charge on any atom is -0.305 e. The summed E-state index contributed by atoms with van der Waals surface area (Å²) in [4.78, 5) is 14.3. The number of H-pyrrole nitrogens is 1. The highest BCUT2D eigenvalue weighted by Crippen LogP contribution is 2.18. The molecule has 1 N–H and O–H groups in total. The lowest BCUT2D eigenvalue weighted by atomic mass is 10.2. The molecule has 0 aromatic carbocycles. The number of rotatable bonds is 0. The van der Waals surface area contributed by atoms with E-state index in [2.05, 4.69) is 4.98 Å². The Morgan fingerprint density at radius 2 is 2.07 bits per heavy atom. The first-order valence-corrected chi connectivity index (χ1v) is 4.44. The number of aromatic amines is 1. The molecule has 0 aliphatic heterocycles. The van der Waals surface area contributed by atoms with Crippen molar-refractivity contribution in [2.24, 2.45) is 0 Å². The smallest absolute Gasteiger partial charge is 0.305 e. The quantitative estimate of drug-likeness (QED) is 0.664. The Bertz CT molecular complexity index is 614. The summed E-state index contributed by atoms with van der Waals surface area (Å²) in [5.41, 5.74) is 2.79. The zero-order chi connectivity index (χ0) is 9.54. The van der Waals surface area contributed by atoms with Gasteiger partial charge in [0, 0.05) is 11.8 Å². The fourth-order valence-electron chi connectivity index (χ4n) is 1.78. The maximum absolute atomic E-state index is 11.5. The molecule has 68 valence electrons. The van der Waals surface area contributed by atoms with Crippen LogP contribution in [0, 0.1) is 0 Å². The van der Waals surface area contributed by atoms with Crippen molar-refractivity contribution in [2.45, 2.75) is 0 Å². The third-order valence-electron chi connectivity index (χ3n) is 2.39. The van der Waals surface area contributed by atoms with Gasteiger partial charge in [-0.15, -0.1) is 0 Å². The van der Waals surface area contributed by atoms with Crippen molar-refractivity contribution in [3.8, 4) is 0 Å². The predicted molar refractivity (Wildman–Crippen MR) is 56.1 cm³/mol. The van der Waals surface area contributed by atoms with E-state index in [0.717, 1.165) is 16.8 Å². The topological polar surface area (TPSA) is 37.3 Å². The molecule has 0 fully saturated rings. The third kappa shape index (κ3) is 0.836. The van der Waals surface area contributed by atoms with Crippen LogP contribution < -0.4 is 5.69 Å². The van der Waals surface area contributed by atoms with Gasteiger partial charge in [-0.05, 0) is 12.1 Å². The van der Waals surface area contributed by atoms with Gasteiger partial charge < -0.3 is 4.98 Å². The lowest BCUT2D eigenvalue weighted by molar-refractivity contribution is 1.06. The molecule has 0 bridgehead atoms. The highest BCUT2D eigenvalue weighted by molar-refractivity contribution is 5.80. The fourth-order valence-corrected chi connectivity index (χ4v) is 1.78. The van der Waals surface area contributed by atoms with Gasteiger partial charge in [0.25, 0.3) is 0 Å². The highest BCUT2D eigenvalue weighted by atomic mass is 16.1. The second-order valence-electron chi connectivity index (χ2n) is 3.24. The Balaban J connectivity index is 2.63. The van der Waals surface area contributed by atoms with E-state index in [1.54, 1.807) is 10.6 Å². The molecular formula is C11H8N2O. The number of hydrogen-bond acceptors (Lipinski definition) is 1. The van der Waals surface area contributed by atoms with E-state index in [1.807, 2.05) is 36.4 Å². The Labute approximate surface area is 80.0 Å². The van der Waals surface area contributed by atoms with Crippen molar-refractivity contribution >= 4 is 17.7 Å². The van der Waals surface area contributed by atoms with Crippen LogP contribution in [-0.4, -0.2) is 9.38 Å². The maximum atomic E-state index is 11.5. The zero-order valence-corrected chi connectivity index (χ0v) is 7.40. The van der Waals surface area contributed by atoms with Gasteiger partial charge in [-0.2, -0.15) is 0 Å². The zero-order valence-electron chi connectivity index (χ0n) is 7.40. The Morgan fingerprint density at radius 1 is 1.21 bits per heavy atom. The first-order chi connectivity index (χ1) is 6.86. The molecule has 2 aromatic heterocycles. The Kier molecular flexibility index (Phi) is 1.31. The van der Waals surface area contributed by atoms with E-state index >= 15 is 0 Å². The molecule has 0 atom stereocenters. The average molecular weight is 184 g/mol. The second kappa shape index (κ2) is 2.48. The van der Waals surface area contributed by atoms with E-state index in [-0.39, 0.29) is 5.69 Å². The van der Waals surface area contributed by atoms with Crippen LogP contribution in [0.1, 0.15) is 11.3 Å². The first-order valence-electron chi connectivity index (χ1n) is 4.44. The van der Waals surface area contributed by atoms with Crippen LogP contribution in [0.25, 0.3) is 17.7 Å². The summed E-state index contributed by atoms with van der Waals surface area (Å²) in [5.74, 6) is 0. The van der Waals surface area contributed by atoms with E-state index in [4.69, 9.17) is 0 Å². The van der Waals surface area contributed by atoms with E-state index < -0.39 is 0 Å². The molecule has 0 radical (unpaired) electrons. The van der Waals surface area contributed by atoms with E-state index in [9.17, 15) is 4.79 Å². The minimum atomic E-state index is -0.0863. The largest absolute Gasteiger partial charge is 0.330 e. The fraction of sp³-hybridized carbons (Fsp3) is 0. The first kappa shape index (κ1) is 7.38. The molecule has 3 heteroatoms. The van der Waals surface area contributed by atoms with Crippen LogP contribution in [0.3, 0.4) is 0 Å². The molecule has 1 aliphatic carbocycles. The molecule has 3 nitrogen and oxygen atoms in total. The Hall–Kier alpha value is -2.03. The van der Waals surface area contributed by atoms with Gasteiger partial charge in [-0.25, -0.2) is 4.79 Å². The van der Waals surface area contributed by atoms with Gasteiger partial charge in [0.05, 0.1) is 11.2 Å². The van der Waals surface area contributed by atoms with Crippen LogP contribution in [0.2, 0.25) is 0 Å². The summed E-state index contributed by atoms with van der Waals surface area (Å²) in [5, 5.41) is 0. The van der Waals surface area contributed by atoms with Crippen molar-refractivity contribution in [3.63, 3.8) is 0 Å². The molecule has 2 aromatic rings. The summed E-state index contributed by atoms with van der Waals surface area (Å²) in [6.45, 7) is 0. The van der Waals surface area contributed by atoms with Crippen LogP contribution >= 0.6 is 0 Å². The monoisotopic (exact) mass is 184 g/mol. The van der Waals surface area contributed by atoms with E-state index in [1.165, 1.54) is 0 Å². The maximum Gasteiger partial charge on any atom is 0.330 e. The third-order valence-corrected chi connectivity index (χ3v) is 2.39. The van der Waals surface area contributed by atoms with Crippen LogP contribution in [0.15, 0.2) is 35.3 Å². The number of allylic oxidation sites excluding steroid dienone is 2. The van der Waals surface area contributed by atoms with Gasteiger partial charge in [-0.3, -0.25) is 4.40 Å². The molecule has 0 saturated heterocycles. The van der Waals surface area contributed by atoms with Gasteiger partial charge in [0.2, 0.25) is 0 Å². The Morgan fingerprint density at radius 3 is 3.00 bits per heavy atom. The molecule has 1 aliphatic rings. The lowest BCUT2D eigenvalue weighted by Crippen LogP contribution is -2.08.